The van der Waals surface area contributed by atoms with Gasteiger partial charge in [-0.05, 0) is 18.2 Å². The fourth-order valence-electron chi connectivity index (χ4n) is 2.90. The highest BCUT2D eigenvalue weighted by Crippen LogP contribution is 2.30. The largest absolute Gasteiger partial charge is 0.293 e. The molecule has 0 saturated heterocycles. The number of hydrogen-bond donors (Lipinski definition) is 0. The van der Waals surface area contributed by atoms with E-state index in [2.05, 4.69) is 16.0 Å². The zero-order chi connectivity index (χ0) is 17.9. The second kappa shape index (κ2) is 6.61. The molecule has 0 radical (unpaired) electrons. The highest BCUT2D eigenvalue weighted by atomic mass is 16.2. The Morgan fingerprint density at radius 3 is 2.42 bits per heavy atom. The molecule has 0 aliphatic carbocycles. The van der Waals surface area contributed by atoms with Crippen LogP contribution in [0, 0.1) is 11.3 Å². The fourth-order valence-corrected chi connectivity index (χ4v) is 2.90. The van der Waals surface area contributed by atoms with Gasteiger partial charge >= 0.3 is 0 Å². The molecule has 5 heteroatoms. The van der Waals surface area contributed by atoms with Crippen LogP contribution in [0.3, 0.4) is 0 Å². The summed E-state index contributed by atoms with van der Waals surface area (Å²) in [7, 11) is 0. The Morgan fingerprint density at radius 2 is 1.73 bits per heavy atom. The maximum atomic E-state index is 12.7. The minimum atomic E-state index is -0.806. The minimum Gasteiger partial charge on any atom is -0.293 e. The molecule has 0 bridgehead atoms. The van der Waals surface area contributed by atoms with E-state index in [1.807, 2.05) is 36.4 Å². The molecular formula is C21H14N4O. The van der Waals surface area contributed by atoms with Crippen molar-refractivity contribution < 1.29 is 4.79 Å². The van der Waals surface area contributed by atoms with Crippen molar-refractivity contribution >= 4 is 12.0 Å². The van der Waals surface area contributed by atoms with E-state index in [9.17, 15) is 10.1 Å². The van der Waals surface area contributed by atoms with E-state index in [0.717, 1.165) is 11.3 Å². The first-order valence-corrected chi connectivity index (χ1v) is 8.16. The fraction of sp³-hybridized carbons (Fsp3) is 0.0476. The Hall–Kier alpha value is -3.78. The second-order valence-electron chi connectivity index (χ2n) is 5.82. The Bertz CT molecular complexity index is 1020. The van der Waals surface area contributed by atoms with Crippen molar-refractivity contribution in [2.75, 3.05) is 0 Å². The quantitative estimate of drug-likeness (QED) is 0.712. The summed E-state index contributed by atoms with van der Waals surface area (Å²) in [5.41, 5.74) is 3.30. The summed E-state index contributed by atoms with van der Waals surface area (Å²) in [6.45, 7) is 0. The highest BCUT2D eigenvalue weighted by Gasteiger charge is 2.30. The highest BCUT2D eigenvalue weighted by molar-refractivity contribution is 5.96. The molecule has 4 rings (SSSR count). The van der Waals surface area contributed by atoms with Crippen molar-refractivity contribution in [1.29, 1.82) is 5.26 Å². The van der Waals surface area contributed by atoms with Crippen molar-refractivity contribution in [2.24, 2.45) is 0 Å². The smallest absolute Gasteiger partial charge is 0.259 e. The van der Waals surface area contributed by atoms with Crippen molar-refractivity contribution in [3.8, 4) is 17.3 Å². The van der Waals surface area contributed by atoms with E-state index < -0.39 is 6.04 Å². The van der Waals surface area contributed by atoms with E-state index in [4.69, 9.17) is 0 Å². The first-order valence-electron chi connectivity index (χ1n) is 8.16. The van der Waals surface area contributed by atoms with E-state index in [0.29, 0.717) is 17.0 Å². The lowest BCUT2D eigenvalue weighted by Gasteiger charge is -2.27. The van der Waals surface area contributed by atoms with Crippen molar-refractivity contribution in [1.82, 2.24) is 14.9 Å². The lowest BCUT2D eigenvalue weighted by atomic mass is 10.0. The number of nitriles is 1. The average molecular weight is 338 g/mol. The Labute approximate surface area is 150 Å². The lowest BCUT2D eigenvalue weighted by molar-refractivity contribution is 0.0792. The maximum Gasteiger partial charge on any atom is 0.259 e. The van der Waals surface area contributed by atoms with Crippen LogP contribution < -0.4 is 0 Å². The van der Waals surface area contributed by atoms with E-state index in [1.165, 1.54) is 4.90 Å². The summed E-state index contributed by atoms with van der Waals surface area (Å²) in [6.07, 6.45) is 4.97. The maximum absolute atomic E-state index is 12.7. The van der Waals surface area contributed by atoms with Gasteiger partial charge in [0.25, 0.3) is 5.91 Å². The molecule has 1 amide bonds. The van der Waals surface area contributed by atoms with Crippen molar-refractivity contribution in [2.45, 2.75) is 6.04 Å². The van der Waals surface area contributed by atoms with Gasteiger partial charge in [0.05, 0.1) is 23.7 Å². The van der Waals surface area contributed by atoms with Gasteiger partial charge in [0.2, 0.25) is 0 Å². The predicted molar refractivity (Wildman–Crippen MR) is 97.5 cm³/mol. The zero-order valence-corrected chi connectivity index (χ0v) is 13.8. The van der Waals surface area contributed by atoms with Crippen molar-refractivity contribution in [3.05, 3.63) is 90.0 Å². The average Bonchev–Trinajstić information content (AvgIpc) is 2.73. The molecule has 5 nitrogen and oxygen atoms in total. The topological polar surface area (TPSA) is 69.9 Å². The molecule has 2 aromatic carbocycles. The van der Waals surface area contributed by atoms with Crippen LogP contribution in [0.25, 0.3) is 17.3 Å². The molecule has 3 aromatic rings. The number of fused-ring (bicyclic) bond motifs is 1. The third-order valence-electron chi connectivity index (χ3n) is 4.21. The molecule has 124 valence electrons. The molecular weight excluding hydrogens is 324 g/mol. The molecule has 0 fully saturated rings. The first kappa shape index (κ1) is 15.7. The van der Waals surface area contributed by atoms with Gasteiger partial charge in [0, 0.05) is 17.3 Å². The minimum absolute atomic E-state index is 0.243. The number of hydrogen-bond acceptors (Lipinski definition) is 4. The number of carbonyl (C=O) groups is 1. The van der Waals surface area contributed by atoms with Crippen LogP contribution in [0.4, 0.5) is 0 Å². The van der Waals surface area contributed by atoms with Gasteiger partial charge in [-0.3, -0.25) is 14.7 Å². The Balaban J connectivity index is 1.71. The molecule has 1 unspecified atom stereocenters. The summed E-state index contributed by atoms with van der Waals surface area (Å²) in [6, 6.07) is 20.0. The van der Waals surface area contributed by atoms with Gasteiger partial charge in [-0.25, -0.2) is 4.98 Å². The molecule has 0 spiro atoms. The van der Waals surface area contributed by atoms with Gasteiger partial charge in [-0.1, -0.05) is 48.5 Å². The molecule has 0 N–H and O–H groups in total. The number of amides is 1. The van der Waals surface area contributed by atoms with Crippen LogP contribution in [0.1, 0.15) is 27.8 Å². The summed E-state index contributed by atoms with van der Waals surface area (Å²) in [5, 5.41) is 9.64. The standard InChI is InChI=1S/C21H14N4O/c22-13-19-20-17(24-18(14-23-20)15-7-3-1-4-8-15)11-12-25(19)21(26)16-9-5-2-6-10-16/h1-12,14,19H. The SMILES string of the molecule is N#CC1c2ncc(-c3ccccc3)nc2C=CN1C(=O)c1ccccc1. The van der Waals surface area contributed by atoms with Crippen LogP contribution in [0.15, 0.2) is 73.1 Å². The van der Waals surface area contributed by atoms with Crippen LogP contribution in [-0.4, -0.2) is 20.8 Å². The van der Waals surface area contributed by atoms with Crippen LogP contribution in [-0.2, 0) is 0 Å². The Morgan fingerprint density at radius 1 is 1.04 bits per heavy atom. The van der Waals surface area contributed by atoms with Gasteiger partial charge in [0.15, 0.2) is 6.04 Å². The third-order valence-corrected chi connectivity index (χ3v) is 4.21. The van der Waals surface area contributed by atoms with Crippen LogP contribution in [0.2, 0.25) is 0 Å². The lowest BCUT2D eigenvalue weighted by Crippen LogP contribution is -2.32. The normalized spacial score (nSPS) is 15.2. The third kappa shape index (κ3) is 2.74. The van der Waals surface area contributed by atoms with E-state index in [1.54, 1.807) is 42.7 Å². The first-order chi connectivity index (χ1) is 12.8. The second-order valence-corrected chi connectivity index (χ2v) is 5.82. The number of nitrogens with zero attached hydrogens (tertiary/aromatic N) is 4. The number of aromatic nitrogens is 2. The van der Waals surface area contributed by atoms with Crippen molar-refractivity contribution in [3.63, 3.8) is 0 Å². The number of rotatable bonds is 2. The predicted octanol–water partition coefficient (Wildman–Crippen LogP) is 3.83. The van der Waals surface area contributed by atoms with Gasteiger partial charge in [-0.2, -0.15) is 5.26 Å². The molecule has 26 heavy (non-hydrogen) atoms. The summed E-state index contributed by atoms with van der Waals surface area (Å²) < 4.78 is 0. The van der Waals surface area contributed by atoms with Gasteiger partial charge in [0.1, 0.15) is 5.69 Å². The Kier molecular flexibility index (Phi) is 4.00. The molecule has 0 saturated carbocycles. The summed E-state index contributed by atoms with van der Waals surface area (Å²) >= 11 is 0. The summed E-state index contributed by atoms with van der Waals surface area (Å²) in [5.74, 6) is -0.243. The molecule has 2 heterocycles. The van der Waals surface area contributed by atoms with Crippen LogP contribution in [0.5, 0.6) is 0 Å². The number of benzene rings is 2. The molecule has 1 aromatic heterocycles. The number of carbonyl (C=O) groups excluding carboxylic acids is 1. The zero-order valence-electron chi connectivity index (χ0n) is 13.8. The van der Waals surface area contributed by atoms with E-state index in [-0.39, 0.29) is 5.91 Å². The molecule has 1 atom stereocenters. The van der Waals surface area contributed by atoms with E-state index >= 15 is 0 Å². The molecule has 1 aliphatic heterocycles. The molecule has 1 aliphatic rings. The monoisotopic (exact) mass is 338 g/mol. The van der Waals surface area contributed by atoms with Gasteiger partial charge in [-0.15, -0.1) is 0 Å². The summed E-state index contributed by atoms with van der Waals surface area (Å²) in [4.78, 5) is 23.2. The van der Waals surface area contributed by atoms with Crippen LogP contribution >= 0.6 is 0 Å². The van der Waals surface area contributed by atoms with Gasteiger partial charge < -0.3 is 0 Å².